The molecule has 0 aliphatic heterocycles. The predicted molar refractivity (Wildman–Crippen MR) is 88.3 cm³/mol. The molecule has 0 saturated carbocycles. The molecule has 2 aromatic rings. The number of fused-ring (bicyclic) bond motifs is 1. The number of benzene rings is 2. The van der Waals surface area contributed by atoms with E-state index in [9.17, 15) is 4.79 Å². The summed E-state index contributed by atoms with van der Waals surface area (Å²) in [6, 6.07) is 14.0. The van der Waals surface area contributed by atoms with Gasteiger partial charge in [-0.05, 0) is 58.5 Å². The second-order valence-corrected chi connectivity index (χ2v) is 6.18. The van der Waals surface area contributed by atoms with E-state index in [0.29, 0.717) is 15.7 Å². The van der Waals surface area contributed by atoms with Crippen LogP contribution in [0.25, 0.3) is 0 Å². The van der Waals surface area contributed by atoms with Gasteiger partial charge in [-0.15, -0.1) is 0 Å². The third-order valence-electron chi connectivity index (χ3n) is 3.96. The standard InChI is InChI=1S/C17H17BrN2O/c18-16-14(6-3-7-15(16)19)17(21)20-13-9-8-11-4-1-2-5-12(11)10-13/h1-7,13H,8-10,19H2,(H,20,21). The predicted octanol–water partition coefficient (Wildman–Crippen LogP) is 3.32. The second-order valence-electron chi connectivity index (χ2n) is 5.39. The number of hydrogen-bond acceptors (Lipinski definition) is 2. The summed E-state index contributed by atoms with van der Waals surface area (Å²) in [5.41, 5.74) is 9.73. The Balaban J connectivity index is 1.73. The normalized spacial score (nSPS) is 17.1. The van der Waals surface area contributed by atoms with Gasteiger partial charge in [0.1, 0.15) is 0 Å². The maximum absolute atomic E-state index is 12.4. The summed E-state index contributed by atoms with van der Waals surface area (Å²) < 4.78 is 0.665. The van der Waals surface area contributed by atoms with E-state index in [4.69, 9.17) is 5.73 Å². The van der Waals surface area contributed by atoms with Gasteiger partial charge in [-0.25, -0.2) is 0 Å². The average molecular weight is 345 g/mol. The number of rotatable bonds is 2. The molecule has 0 saturated heterocycles. The Kier molecular flexibility index (Phi) is 3.97. The first-order valence-electron chi connectivity index (χ1n) is 7.07. The van der Waals surface area contributed by atoms with E-state index in [1.54, 1.807) is 18.2 Å². The van der Waals surface area contributed by atoms with Crippen molar-refractivity contribution >= 4 is 27.5 Å². The zero-order valence-electron chi connectivity index (χ0n) is 11.6. The van der Waals surface area contributed by atoms with Crippen molar-refractivity contribution in [1.82, 2.24) is 5.32 Å². The Hall–Kier alpha value is -1.81. The van der Waals surface area contributed by atoms with E-state index in [-0.39, 0.29) is 11.9 Å². The van der Waals surface area contributed by atoms with Crippen LogP contribution in [0.3, 0.4) is 0 Å². The van der Waals surface area contributed by atoms with Crippen molar-refractivity contribution in [2.45, 2.75) is 25.3 Å². The Morgan fingerprint density at radius 1 is 1.14 bits per heavy atom. The van der Waals surface area contributed by atoms with Gasteiger partial charge in [0.2, 0.25) is 0 Å². The molecule has 0 bridgehead atoms. The first-order chi connectivity index (χ1) is 10.1. The number of carbonyl (C=O) groups is 1. The van der Waals surface area contributed by atoms with Crippen LogP contribution >= 0.6 is 15.9 Å². The van der Waals surface area contributed by atoms with Crippen LogP contribution in [-0.2, 0) is 12.8 Å². The summed E-state index contributed by atoms with van der Waals surface area (Å²) in [6.45, 7) is 0. The number of hydrogen-bond donors (Lipinski definition) is 2. The zero-order valence-corrected chi connectivity index (χ0v) is 13.2. The molecule has 1 atom stereocenters. The van der Waals surface area contributed by atoms with E-state index in [0.717, 1.165) is 19.3 Å². The third-order valence-corrected chi connectivity index (χ3v) is 4.84. The van der Waals surface area contributed by atoms with Gasteiger partial charge in [-0.2, -0.15) is 0 Å². The molecule has 21 heavy (non-hydrogen) atoms. The summed E-state index contributed by atoms with van der Waals surface area (Å²) in [6.07, 6.45) is 2.88. The lowest BCUT2D eigenvalue weighted by Gasteiger charge is -2.25. The molecule has 0 fully saturated rings. The van der Waals surface area contributed by atoms with Crippen LogP contribution < -0.4 is 11.1 Å². The summed E-state index contributed by atoms with van der Waals surface area (Å²) in [5.74, 6) is -0.0708. The first-order valence-corrected chi connectivity index (χ1v) is 7.86. The minimum Gasteiger partial charge on any atom is -0.398 e. The van der Waals surface area contributed by atoms with E-state index >= 15 is 0 Å². The van der Waals surface area contributed by atoms with E-state index in [2.05, 4.69) is 45.5 Å². The van der Waals surface area contributed by atoms with E-state index in [1.165, 1.54) is 11.1 Å². The topological polar surface area (TPSA) is 55.1 Å². The highest BCUT2D eigenvalue weighted by Crippen LogP contribution is 2.25. The molecule has 3 rings (SSSR count). The molecule has 1 aliphatic carbocycles. The Morgan fingerprint density at radius 2 is 1.90 bits per heavy atom. The number of carbonyl (C=O) groups excluding carboxylic acids is 1. The van der Waals surface area contributed by atoms with Crippen molar-refractivity contribution in [2.75, 3.05) is 5.73 Å². The highest BCUT2D eigenvalue weighted by atomic mass is 79.9. The average Bonchev–Trinajstić information content (AvgIpc) is 2.50. The van der Waals surface area contributed by atoms with Crippen LogP contribution in [-0.4, -0.2) is 11.9 Å². The molecular weight excluding hydrogens is 328 g/mol. The number of amides is 1. The molecule has 108 valence electrons. The Labute approximate surface area is 132 Å². The van der Waals surface area contributed by atoms with Crippen molar-refractivity contribution < 1.29 is 4.79 Å². The van der Waals surface area contributed by atoms with Gasteiger partial charge in [0.25, 0.3) is 5.91 Å². The van der Waals surface area contributed by atoms with Gasteiger partial charge in [0, 0.05) is 11.7 Å². The fraction of sp³-hybridized carbons (Fsp3) is 0.235. The number of nitrogen functional groups attached to an aromatic ring is 1. The first kappa shape index (κ1) is 14.1. The second kappa shape index (κ2) is 5.90. The van der Waals surface area contributed by atoms with Gasteiger partial charge in [-0.3, -0.25) is 4.79 Å². The van der Waals surface area contributed by atoms with E-state index < -0.39 is 0 Å². The largest absolute Gasteiger partial charge is 0.398 e. The Morgan fingerprint density at radius 3 is 2.71 bits per heavy atom. The SMILES string of the molecule is Nc1cccc(C(=O)NC2CCc3ccccc3C2)c1Br. The lowest BCUT2D eigenvalue weighted by atomic mass is 9.88. The minimum atomic E-state index is -0.0708. The van der Waals surface area contributed by atoms with Crippen molar-refractivity contribution in [3.63, 3.8) is 0 Å². The van der Waals surface area contributed by atoms with Crippen molar-refractivity contribution in [2.24, 2.45) is 0 Å². The Bertz CT molecular complexity index is 684. The smallest absolute Gasteiger partial charge is 0.252 e. The lowest BCUT2D eigenvalue weighted by molar-refractivity contribution is 0.0933. The molecule has 0 heterocycles. The number of nitrogens with two attached hydrogens (primary N) is 1. The van der Waals surface area contributed by atoms with Crippen LogP contribution in [0.2, 0.25) is 0 Å². The van der Waals surface area contributed by atoms with Gasteiger partial charge in [0.05, 0.1) is 10.0 Å². The van der Waals surface area contributed by atoms with Gasteiger partial charge < -0.3 is 11.1 Å². The third kappa shape index (κ3) is 2.95. The molecule has 1 aliphatic rings. The molecule has 3 nitrogen and oxygen atoms in total. The number of nitrogens with one attached hydrogen (secondary N) is 1. The monoisotopic (exact) mass is 344 g/mol. The highest BCUT2D eigenvalue weighted by Gasteiger charge is 2.21. The number of aryl methyl sites for hydroxylation is 1. The quantitative estimate of drug-likeness (QED) is 0.821. The molecule has 3 N–H and O–H groups in total. The van der Waals surface area contributed by atoms with Gasteiger partial charge in [0.15, 0.2) is 0 Å². The van der Waals surface area contributed by atoms with Crippen molar-refractivity contribution in [3.05, 3.63) is 63.6 Å². The molecule has 4 heteroatoms. The van der Waals surface area contributed by atoms with Crippen LogP contribution in [0.15, 0.2) is 46.9 Å². The van der Waals surface area contributed by atoms with Crippen LogP contribution in [0, 0.1) is 0 Å². The van der Waals surface area contributed by atoms with Crippen LogP contribution in [0.1, 0.15) is 27.9 Å². The summed E-state index contributed by atoms with van der Waals surface area (Å²) in [5, 5.41) is 3.12. The van der Waals surface area contributed by atoms with Crippen LogP contribution in [0.4, 0.5) is 5.69 Å². The summed E-state index contributed by atoms with van der Waals surface area (Å²) >= 11 is 3.39. The molecule has 1 unspecified atom stereocenters. The van der Waals surface area contributed by atoms with Crippen molar-refractivity contribution in [3.8, 4) is 0 Å². The maximum atomic E-state index is 12.4. The molecule has 1 amide bonds. The number of anilines is 1. The fourth-order valence-corrected chi connectivity index (χ4v) is 3.25. The van der Waals surface area contributed by atoms with Crippen LogP contribution in [0.5, 0.6) is 0 Å². The highest BCUT2D eigenvalue weighted by molar-refractivity contribution is 9.10. The number of halogens is 1. The van der Waals surface area contributed by atoms with Crippen molar-refractivity contribution in [1.29, 1.82) is 0 Å². The minimum absolute atomic E-state index is 0.0708. The van der Waals surface area contributed by atoms with E-state index in [1.807, 2.05) is 0 Å². The van der Waals surface area contributed by atoms with Gasteiger partial charge >= 0.3 is 0 Å². The summed E-state index contributed by atoms with van der Waals surface area (Å²) in [7, 11) is 0. The maximum Gasteiger partial charge on any atom is 0.252 e. The molecule has 0 radical (unpaired) electrons. The molecule has 0 aromatic heterocycles. The van der Waals surface area contributed by atoms with Gasteiger partial charge in [-0.1, -0.05) is 30.3 Å². The molecule has 0 spiro atoms. The zero-order chi connectivity index (χ0) is 14.8. The lowest BCUT2D eigenvalue weighted by Crippen LogP contribution is -2.39. The fourth-order valence-electron chi connectivity index (χ4n) is 2.81. The summed E-state index contributed by atoms with van der Waals surface area (Å²) in [4.78, 5) is 12.4. The molecule has 2 aromatic carbocycles. The molecular formula is C17H17BrN2O.